The number of piperidine rings is 1. The van der Waals surface area contributed by atoms with E-state index in [1.54, 1.807) is 41.5 Å². The summed E-state index contributed by atoms with van der Waals surface area (Å²) in [5.41, 5.74) is 1.49. The van der Waals surface area contributed by atoms with Gasteiger partial charge in [-0.15, -0.1) is 0 Å². The van der Waals surface area contributed by atoms with Crippen LogP contribution in [0, 0.1) is 5.82 Å². The van der Waals surface area contributed by atoms with Crippen LogP contribution in [0.15, 0.2) is 55.1 Å². The number of para-hydroxylation sites is 1. The highest BCUT2D eigenvalue weighted by atomic mass is 19.1. The molecule has 1 aliphatic rings. The number of aromatic nitrogens is 4. The van der Waals surface area contributed by atoms with Crippen LogP contribution in [0.25, 0.3) is 5.69 Å². The van der Waals surface area contributed by atoms with Gasteiger partial charge in [0.05, 0.1) is 6.20 Å². The topological polar surface area (TPSA) is 58.9 Å². The highest BCUT2D eigenvalue weighted by Crippen LogP contribution is 2.16. The van der Waals surface area contributed by atoms with Crippen molar-refractivity contribution >= 4 is 5.95 Å². The molecule has 3 aromatic rings. The second kappa shape index (κ2) is 7.61. The van der Waals surface area contributed by atoms with Crippen LogP contribution in [-0.2, 0) is 6.54 Å². The first kappa shape index (κ1) is 16.7. The summed E-state index contributed by atoms with van der Waals surface area (Å²) < 4.78 is 15.5. The Hall–Kier alpha value is -2.80. The molecule has 0 saturated carbocycles. The summed E-state index contributed by atoms with van der Waals surface area (Å²) in [6, 6.07) is 8.84. The maximum Gasteiger partial charge on any atom is 0.225 e. The van der Waals surface area contributed by atoms with Gasteiger partial charge >= 0.3 is 0 Å². The Kier molecular flexibility index (Phi) is 4.88. The minimum Gasteiger partial charge on any atom is -0.339 e. The Labute approximate surface area is 151 Å². The molecule has 0 amide bonds. The number of anilines is 1. The molecule has 1 fully saturated rings. The average Bonchev–Trinajstić information content (AvgIpc) is 3.16. The molecule has 3 heterocycles. The van der Waals surface area contributed by atoms with E-state index >= 15 is 0 Å². The Morgan fingerprint density at radius 1 is 1.15 bits per heavy atom. The number of nitrogens with zero attached hydrogens (tertiary/aromatic N) is 5. The average molecular weight is 352 g/mol. The van der Waals surface area contributed by atoms with Crippen molar-refractivity contribution in [1.29, 1.82) is 0 Å². The van der Waals surface area contributed by atoms with E-state index in [9.17, 15) is 4.39 Å². The summed E-state index contributed by atoms with van der Waals surface area (Å²) in [6.07, 6.45) is 9.41. The lowest BCUT2D eigenvalue weighted by Gasteiger charge is -2.33. The minimum atomic E-state index is -0.277. The van der Waals surface area contributed by atoms with Crippen LogP contribution in [0.1, 0.15) is 18.4 Å². The molecule has 0 aliphatic carbocycles. The maximum atomic E-state index is 13.9. The van der Waals surface area contributed by atoms with Crippen molar-refractivity contribution in [2.75, 3.05) is 18.0 Å². The molecule has 26 heavy (non-hydrogen) atoms. The van der Waals surface area contributed by atoms with Crippen molar-refractivity contribution in [2.45, 2.75) is 25.4 Å². The number of hydrogen-bond acceptors (Lipinski definition) is 5. The smallest absolute Gasteiger partial charge is 0.225 e. The fourth-order valence-electron chi connectivity index (χ4n) is 3.26. The van der Waals surface area contributed by atoms with E-state index in [2.05, 4.69) is 25.3 Å². The van der Waals surface area contributed by atoms with Crippen molar-refractivity contribution in [1.82, 2.24) is 25.1 Å². The molecule has 1 atom stereocenters. The van der Waals surface area contributed by atoms with E-state index in [1.807, 2.05) is 12.3 Å². The van der Waals surface area contributed by atoms with Gasteiger partial charge < -0.3 is 10.2 Å². The maximum absolute atomic E-state index is 13.9. The molecule has 1 N–H and O–H groups in total. The van der Waals surface area contributed by atoms with Crippen LogP contribution >= 0.6 is 0 Å². The predicted octanol–water partition coefficient (Wildman–Crippen LogP) is 2.56. The zero-order chi connectivity index (χ0) is 17.8. The van der Waals surface area contributed by atoms with Crippen molar-refractivity contribution in [3.05, 3.63) is 66.5 Å². The van der Waals surface area contributed by atoms with Gasteiger partial charge in [-0.25, -0.2) is 19.0 Å². The molecule has 6 nitrogen and oxygen atoms in total. The first-order valence-electron chi connectivity index (χ1n) is 8.83. The van der Waals surface area contributed by atoms with Crippen molar-refractivity contribution < 1.29 is 4.39 Å². The molecular weight excluding hydrogens is 331 g/mol. The zero-order valence-electron chi connectivity index (χ0n) is 14.4. The van der Waals surface area contributed by atoms with Crippen molar-refractivity contribution in [3.63, 3.8) is 0 Å². The first-order valence-corrected chi connectivity index (χ1v) is 8.83. The standard InChI is InChI=1S/C19H21FN6/c20-17-6-1-2-7-18(17)26-13-15(12-24-26)11-23-16-5-3-10-25(14-16)19-21-8-4-9-22-19/h1-2,4,6-9,12-13,16,23H,3,5,10-11,14H2. The van der Waals surface area contributed by atoms with E-state index in [1.165, 1.54) is 6.07 Å². The lowest BCUT2D eigenvalue weighted by Crippen LogP contribution is -2.46. The van der Waals surface area contributed by atoms with Gasteiger partial charge in [0, 0.05) is 49.8 Å². The van der Waals surface area contributed by atoms with E-state index in [4.69, 9.17) is 0 Å². The van der Waals surface area contributed by atoms with E-state index in [0.717, 1.165) is 37.4 Å². The first-order chi connectivity index (χ1) is 12.8. The Morgan fingerprint density at radius 2 is 2.00 bits per heavy atom. The normalized spacial score (nSPS) is 17.4. The summed E-state index contributed by atoms with van der Waals surface area (Å²) in [4.78, 5) is 10.9. The van der Waals surface area contributed by atoms with Gasteiger partial charge in [-0.2, -0.15) is 5.10 Å². The van der Waals surface area contributed by atoms with Gasteiger partial charge in [0.2, 0.25) is 5.95 Å². The summed E-state index contributed by atoms with van der Waals surface area (Å²) >= 11 is 0. The van der Waals surface area contributed by atoms with Gasteiger partial charge in [-0.1, -0.05) is 12.1 Å². The molecule has 0 radical (unpaired) electrons. The van der Waals surface area contributed by atoms with Crippen LogP contribution in [0.2, 0.25) is 0 Å². The number of benzene rings is 1. The van der Waals surface area contributed by atoms with Gasteiger partial charge in [-0.3, -0.25) is 0 Å². The van der Waals surface area contributed by atoms with Crippen molar-refractivity contribution in [3.8, 4) is 5.69 Å². The van der Waals surface area contributed by atoms with Crippen molar-refractivity contribution in [2.24, 2.45) is 0 Å². The highest BCUT2D eigenvalue weighted by molar-refractivity contribution is 5.33. The second-order valence-corrected chi connectivity index (χ2v) is 6.46. The largest absolute Gasteiger partial charge is 0.339 e. The van der Waals surface area contributed by atoms with Crippen LogP contribution in [0.3, 0.4) is 0 Å². The van der Waals surface area contributed by atoms with E-state index in [-0.39, 0.29) is 5.82 Å². The molecule has 1 saturated heterocycles. The third kappa shape index (κ3) is 3.72. The van der Waals surface area contributed by atoms with Crippen LogP contribution in [0.5, 0.6) is 0 Å². The summed E-state index contributed by atoms with van der Waals surface area (Å²) in [6.45, 7) is 2.56. The third-order valence-electron chi connectivity index (χ3n) is 4.59. The molecule has 7 heteroatoms. The Balaban J connectivity index is 1.36. The predicted molar refractivity (Wildman–Crippen MR) is 97.6 cm³/mol. The quantitative estimate of drug-likeness (QED) is 0.765. The number of nitrogens with one attached hydrogen (secondary N) is 1. The Bertz CT molecular complexity index is 850. The molecular formula is C19H21FN6. The van der Waals surface area contributed by atoms with Gasteiger partial charge in [0.15, 0.2) is 0 Å². The van der Waals surface area contributed by atoms with Crippen LogP contribution in [-0.4, -0.2) is 38.9 Å². The second-order valence-electron chi connectivity index (χ2n) is 6.46. The zero-order valence-corrected chi connectivity index (χ0v) is 14.4. The number of hydrogen-bond donors (Lipinski definition) is 1. The van der Waals surface area contributed by atoms with E-state index < -0.39 is 0 Å². The van der Waals surface area contributed by atoms with Gasteiger partial charge in [0.25, 0.3) is 0 Å². The third-order valence-corrected chi connectivity index (χ3v) is 4.59. The summed E-state index contributed by atoms with van der Waals surface area (Å²) in [7, 11) is 0. The SMILES string of the molecule is Fc1ccccc1-n1cc(CNC2CCCN(c3ncccn3)C2)cn1. The van der Waals surface area contributed by atoms with E-state index in [0.29, 0.717) is 18.3 Å². The lowest BCUT2D eigenvalue weighted by atomic mass is 10.1. The van der Waals surface area contributed by atoms with Crippen LogP contribution in [0.4, 0.5) is 10.3 Å². The monoisotopic (exact) mass is 352 g/mol. The minimum absolute atomic E-state index is 0.277. The van der Waals surface area contributed by atoms with Gasteiger partial charge in [-0.05, 0) is 31.0 Å². The highest BCUT2D eigenvalue weighted by Gasteiger charge is 2.21. The summed E-state index contributed by atoms with van der Waals surface area (Å²) in [5.74, 6) is 0.507. The Morgan fingerprint density at radius 3 is 2.85 bits per heavy atom. The molecule has 0 bridgehead atoms. The summed E-state index contributed by atoms with van der Waals surface area (Å²) in [5, 5.41) is 7.85. The molecule has 1 unspecified atom stereocenters. The number of rotatable bonds is 5. The molecule has 1 aromatic carbocycles. The number of halogens is 1. The molecule has 4 rings (SSSR count). The fraction of sp³-hybridized carbons (Fsp3) is 0.316. The fourth-order valence-corrected chi connectivity index (χ4v) is 3.26. The molecule has 134 valence electrons. The van der Waals surface area contributed by atoms with Crippen LogP contribution < -0.4 is 10.2 Å². The molecule has 0 spiro atoms. The van der Waals surface area contributed by atoms with Gasteiger partial charge in [0.1, 0.15) is 11.5 Å². The molecule has 1 aliphatic heterocycles. The molecule has 2 aromatic heterocycles. The lowest BCUT2D eigenvalue weighted by molar-refractivity contribution is 0.418.